The van der Waals surface area contributed by atoms with Crippen molar-refractivity contribution in [1.82, 2.24) is 24.6 Å². The Balaban J connectivity index is 1.49. The van der Waals surface area contributed by atoms with E-state index in [0.29, 0.717) is 0 Å². The van der Waals surface area contributed by atoms with Gasteiger partial charge >= 0.3 is 13.7 Å². The lowest BCUT2D eigenvalue weighted by Gasteiger charge is -2.24. The van der Waals surface area contributed by atoms with Crippen LogP contribution in [0.3, 0.4) is 0 Å². The number of imidazole rings is 1. The maximum atomic E-state index is 13.5. The number of fused-ring (bicyclic) bond motifs is 1. The maximum Gasteiger partial charge on any atom is 0.459 e. The zero-order chi connectivity index (χ0) is 25.2. The van der Waals surface area contributed by atoms with Gasteiger partial charge in [-0.05, 0) is 19.1 Å². The number of rotatable bonds is 9. The number of nitrogen functional groups attached to an aromatic ring is 1. The van der Waals surface area contributed by atoms with E-state index in [1.165, 1.54) is 24.9 Å². The van der Waals surface area contributed by atoms with Gasteiger partial charge in [-0.3, -0.25) is 23.7 Å². The van der Waals surface area contributed by atoms with Crippen LogP contribution in [-0.4, -0.2) is 62.6 Å². The molecule has 35 heavy (non-hydrogen) atoms. The first-order valence-electron chi connectivity index (χ1n) is 10.6. The van der Waals surface area contributed by atoms with Crippen LogP contribution < -0.4 is 20.9 Å². The molecule has 1 fully saturated rings. The zero-order valence-corrected chi connectivity index (χ0v) is 19.8. The molecular weight excluding hydrogens is 483 g/mol. The molecule has 0 saturated carbocycles. The van der Waals surface area contributed by atoms with E-state index in [0.717, 1.165) is 0 Å². The minimum atomic E-state index is -4.11. The van der Waals surface area contributed by atoms with Gasteiger partial charge < -0.3 is 24.8 Å². The molecule has 14 nitrogen and oxygen atoms in total. The SMILES string of the molecule is COC(=O)[C@H](C)NP(=O)(OC[C@H]1O[C@@H](n2cnc3c(=O)[nH]c(N)nc32)C[C@H]1O)Oc1ccccc1. The molecule has 1 aliphatic heterocycles. The molecule has 0 spiro atoms. The topological polar surface area (TPSA) is 193 Å². The average Bonchev–Trinajstić information content (AvgIpc) is 3.41. The van der Waals surface area contributed by atoms with Crippen molar-refractivity contribution in [3.8, 4) is 5.75 Å². The van der Waals surface area contributed by atoms with Gasteiger partial charge in [-0.25, -0.2) is 9.55 Å². The van der Waals surface area contributed by atoms with Crippen molar-refractivity contribution in [3.05, 3.63) is 47.0 Å². The zero-order valence-electron chi connectivity index (χ0n) is 18.9. The number of nitrogens with two attached hydrogens (primary N) is 1. The summed E-state index contributed by atoms with van der Waals surface area (Å²) in [6.45, 7) is 1.10. The number of carbonyl (C=O) groups is 1. The van der Waals surface area contributed by atoms with Gasteiger partial charge in [0.05, 0.1) is 26.1 Å². The highest BCUT2D eigenvalue weighted by Gasteiger charge is 2.39. The Hall–Kier alpha value is -3.29. The van der Waals surface area contributed by atoms with Crippen molar-refractivity contribution in [2.24, 2.45) is 0 Å². The molecule has 3 aromatic rings. The minimum absolute atomic E-state index is 0.0683. The monoisotopic (exact) mass is 508 g/mol. The van der Waals surface area contributed by atoms with E-state index in [-0.39, 0.29) is 35.9 Å². The summed E-state index contributed by atoms with van der Waals surface area (Å²) in [4.78, 5) is 34.4. The standard InChI is InChI=1S/C20H25N6O8P/c1-11(19(29)31-2)25-35(30,34-12-6-4-3-5-7-12)32-9-14-13(27)8-15(33-14)26-10-22-16-17(26)23-20(21)24-18(16)28/h3-7,10-11,13-15,27H,8-9H2,1-2H3,(H,25,30)(H3,21,23,24,28)/t11-,13+,14+,15+,35?/m0/s1. The van der Waals surface area contributed by atoms with E-state index < -0.39 is 43.8 Å². The second-order valence-corrected chi connectivity index (χ2v) is 9.47. The third-order valence-corrected chi connectivity index (χ3v) is 6.89. The smallest absolute Gasteiger partial charge is 0.459 e. The van der Waals surface area contributed by atoms with Crippen molar-refractivity contribution in [2.45, 2.75) is 37.8 Å². The van der Waals surface area contributed by atoms with Gasteiger partial charge in [-0.1, -0.05) is 18.2 Å². The minimum Gasteiger partial charge on any atom is -0.468 e. The Morgan fingerprint density at radius 2 is 2.17 bits per heavy atom. The molecule has 0 amide bonds. The average molecular weight is 508 g/mol. The molecule has 0 radical (unpaired) electrons. The van der Waals surface area contributed by atoms with Crippen molar-refractivity contribution >= 4 is 30.8 Å². The number of para-hydroxylation sites is 1. The second kappa shape index (κ2) is 10.1. The van der Waals surface area contributed by atoms with Crippen LogP contribution in [0.1, 0.15) is 19.6 Å². The van der Waals surface area contributed by atoms with Crippen LogP contribution in [0.15, 0.2) is 41.5 Å². The molecule has 4 rings (SSSR count). The van der Waals surface area contributed by atoms with Crippen LogP contribution in [0.25, 0.3) is 11.2 Å². The molecule has 1 unspecified atom stereocenters. The number of aliphatic hydroxyl groups is 1. The fraction of sp³-hybridized carbons (Fsp3) is 0.400. The Morgan fingerprint density at radius 1 is 1.43 bits per heavy atom. The van der Waals surface area contributed by atoms with Gasteiger partial charge in [0.2, 0.25) is 5.95 Å². The Labute approximate surface area is 199 Å². The molecule has 1 saturated heterocycles. The normalized spacial score (nSPS) is 22.5. The fourth-order valence-electron chi connectivity index (χ4n) is 3.54. The number of benzene rings is 1. The summed E-state index contributed by atoms with van der Waals surface area (Å²) in [5.74, 6) is -0.520. The first-order valence-corrected chi connectivity index (χ1v) is 12.1. The van der Waals surface area contributed by atoms with Crippen molar-refractivity contribution in [3.63, 3.8) is 0 Å². The highest BCUT2D eigenvalue weighted by Crippen LogP contribution is 2.46. The van der Waals surface area contributed by atoms with Gasteiger partial charge in [0.1, 0.15) is 24.1 Å². The number of aromatic amines is 1. The molecule has 188 valence electrons. The number of esters is 1. The molecule has 5 N–H and O–H groups in total. The third-order valence-electron chi connectivity index (χ3n) is 5.25. The highest BCUT2D eigenvalue weighted by molar-refractivity contribution is 7.52. The van der Waals surface area contributed by atoms with E-state index in [2.05, 4.69) is 24.8 Å². The van der Waals surface area contributed by atoms with E-state index in [4.69, 9.17) is 19.5 Å². The number of H-pyrrole nitrogens is 1. The molecule has 1 aromatic carbocycles. The number of methoxy groups -OCH3 is 1. The second-order valence-electron chi connectivity index (χ2n) is 7.78. The fourth-order valence-corrected chi connectivity index (χ4v) is 5.04. The lowest BCUT2D eigenvalue weighted by molar-refractivity contribution is -0.142. The predicted octanol–water partition coefficient (Wildman–Crippen LogP) is 0.705. The van der Waals surface area contributed by atoms with Gasteiger partial charge in [0, 0.05) is 6.42 Å². The van der Waals surface area contributed by atoms with E-state index in [1.807, 2.05) is 0 Å². The molecule has 0 bridgehead atoms. The van der Waals surface area contributed by atoms with Crippen molar-refractivity contribution < 1.29 is 33.0 Å². The quantitative estimate of drug-likeness (QED) is 0.234. The number of ether oxygens (including phenoxy) is 2. The summed E-state index contributed by atoms with van der Waals surface area (Å²) in [5.41, 5.74) is 5.39. The van der Waals surface area contributed by atoms with Crippen molar-refractivity contribution in [2.75, 3.05) is 19.5 Å². The highest BCUT2D eigenvalue weighted by atomic mass is 31.2. The predicted molar refractivity (Wildman–Crippen MR) is 122 cm³/mol. The van der Waals surface area contributed by atoms with E-state index >= 15 is 0 Å². The van der Waals surface area contributed by atoms with Crippen molar-refractivity contribution in [1.29, 1.82) is 0 Å². The first-order chi connectivity index (χ1) is 16.7. The van der Waals surface area contributed by atoms with Crippen LogP contribution in [-0.2, 0) is 23.4 Å². The summed E-state index contributed by atoms with van der Waals surface area (Å²) in [6.07, 6.45) is -1.20. The number of nitrogens with one attached hydrogen (secondary N) is 2. The van der Waals surface area contributed by atoms with Crippen LogP contribution in [0.2, 0.25) is 0 Å². The van der Waals surface area contributed by atoms with Gasteiger partial charge in [0.25, 0.3) is 5.56 Å². The summed E-state index contributed by atoms with van der Waals surface area (Å²) in [7, 11) is -2.91. The summed E-state index contributed by atoms with van der Waals surface area (Å²) in [5, 5.41) is 13.1. The lowest BCUT2D eigenvalue weighted by atomic mass is 10.2. The van der Waals surface area contributed by atoms with Gasteiger partial charge in [-0.15, -0.1) is 0 Å². The van der Waals surface area contributed by atoms with Gasteiger partial charge in [0.15, 0.2) is 11.2 Å². The number of carbonyl (C=O) groups excluding carboxylic acids is 1. The Morgan fingerprint density at radius 3 is 2.89 bits per heavy atom. The number of anilines is 1. The summed E-state index contributed by atoms with van der Waals surface area (Å²) < 4.78 is 36.6. The largest absolute Gasteiger partial charge is 0.468 e. The lowest BCUT2D eigenvalue weighted by Crippen LogP contribution is -2.36. The molecule has 5 atom stereocenters. The van der Waals surface area contributed by atoms with Crippen LogP contribution in [0, 0.1) is 0 Å². The summed E-state index contributed by atoms with van der Waals surface area (Å²) >= 11 is 0. The molecule has 3 heterocycles. The number of aromatic nitrogens is 4. The van der Waals surface area contributed by atoms with Crippen LogP contribution >= 0.6 is 7.75 Å². The number of hydrogen-bond donors (Lipinski definition) is 4. The van der Waals surface area contributed by atoms with Crippen LogP contribution in [0.5, 0.6) is 5.75 Å². The number of aliphatic hydroxyl groups excluding tert-OH is 1. The van der Waals surface area contributed by atoms with Gasteiger partial charge in [-0.2, -0.15) is 10.1 Å². The molecule has 15 heteroatoms. The molecule has 0 aliphatic carbocycles. The molecule has 1 aliphatic rings. The van der Waals surface area contributed by atoms with Crippen LogP contribution in [0.4, 0.5) is 5.95 Å². The molecular formula is C20H25N6O8P. The Kier molecular flexibility index (Phi) is 7.19. The third kappa shape index (κ3) is 5.52. The molecule has 2 aromatic heterocycles. The van der Waals surface area contributed by atoms with E-state index in [1.54, 1.807) is 30.3 Å². The summed E-state index contributed by atoms with van der Waals surface area (Å²) in [6, 6.07) is 7.24. The number of hydrogen-bond acceptors (Lipinski definition) is 11. The van der Waals surface area contributed by atoms with E-state index in [9.17, 15) is 19.3 Å². The first kappa shape index (κ1) is 24.8. The maximum absolute atomic E-state index is 13.5. The number of nitrogens with zero attached hydrogens (tertiary/aromatic N) is 3. The Bertz CT molecular complexity index is 1300.